The lowest BCUT2D eigenvalue weighted by molar-refractivity contribution is 0.397. The van der Waals surface area contributed by atoms with Crippen LogP contribution in [0.25, 0.3) is 0 Å². The molecule has 0 heterocycles. The van der Waals surface area contributed by atoms with E-state index >= 15 is 0 Å². The van der Waals surface area contributed by atoms with E-state index in [9.17, 15) is 5.26 Å². The molecule has 0 aromatic heterocycles. The van der Waals surface area contributed by atoms with Crippen molar-refractivity contribution in [2.24, 2.45) is 0 Å². The largest absolute Gasteiger partial charge is 0.297 e. The van der Waals surface area contributed by atoms with Crippen LogP contribution >= 0.6 is 11.8 Å². The number of hydrogen-bond acceptors (Lipinski definition) is 3. The van der Waals surface area contributed by atoms with Gasteiger partial charge >= 0.3 is 0 Å². The molecule has 0 fully saturated rings. The lowest BCUT2D eigenvalue weighted by atomic mass is 9.87. The molecular formula is C18H28N2S. The molecule has 1 atom stereocenters. The number of thioether (sulfide) groups is 1. The SMILES string of the molecule is CC(C)NC(C)(C#N)CCSc1ccc(C(C)(C)C)cc1. The summed E-state index contributed by atoms with van der Waals surface area (Å²) in [5.74, 6) is 0.943. The topological polar surface area (TPSA) is 35.8 Å². The first-order chi connectivity index (χ1) is 9.66. The summed E-state index contributed by atoms with van der Waals surface area (Å²) in [5, 5.41) is 12.7. The highest BCUT2D eigenvalue weighted by Gasteiger charge is 2.23. The van der Waals surface area contributed by atoms with E-state index in [2.05, 4.69) is 70.3 Å². The van der Waals surface area contributed by atoms with E-state index in [0.717, 1.165) is 12.2 Å². The van der Waals surface area contributed by atoms with Gasteiger partial charge in [0, 0.05) is 16.7 Å². The second-order valence-electron chi connectivity index (χ2n) is 7.12. The third-order valence-electron chi connectivity index (χ3n) is 3.45. The summed E-state index contributed by atoms with van der Waals surface area (Å²) in [6, 6.07) is 11.5. The first-order valence-corrected chi connectivity index (χ1v) is 8.57. The molecule has 0 saturated carbocycles. The second-order valence-corrected chi connectivity index (χ2v) is 8.28. The van der Waals surface area contributed by atoms with E-state index < -0.39 is 5.54 Å². The molecule has 1 unspecified atom stereocenters. The van der Waals surface area contributed by atoms with E-state index in [1.807, 2.05) is 18.7 Å². The summed E-state index contributed by atoms with van der Waals surface area (Å²) < 4.78 is 0. The molecule has 1 aromatic carbocycles. The third-order valence-corrected chi connectivity index (χ3v) is 4.46. The summed E-state index contributed by atoms with van der Waals surface area (Å²) in [5.41, 5.74) is 1.12. The molecule has 1 aromatic rings. The first-order valence-electron chi connectivity index (χ1n) is 7.58. The van der Waals surface area contributed by atoms with Crippen LogP contribution in [0.3, 0.4) is 0 Å². The van der Waals surface area contributed by atoms with Crippen LogP contribution in [0.15, 0.2) is 29.2 Å². The molecule has 1 rings (SSSR count). The van der Waals surface area contributed by atoms with Crippen LogP contribution in [0.4, 0.5) is 0 Å². The van der Waals surface area contributed by atoms with Gasteiger partial charge in [0.15, 0.2) is 0 Å². The minimum Gasteiger partial charge on any atom is -0.297 e. The molecule has 116 valence electrons. The Hall–Kier alpha value is -0.980. The summed E-state index contributed by atoms with van der Waals surface area (Å²) in [7, 11) is 0. The Morgan fingerprint density at radius 2 is 1.71 bits per heavy atom. The van der Waals surface area contributed by atoms with Crippen molar-refractivity contribution in [2.45, 2.75) is 69.9 Å². The lowest BCUT2D eigenvalue weighted by Gasteiger charge is -2.25. The zero-order chi connectivity index (χ0) is 16.1. The Morgan fingerprint density at radius 3 is 2.14 bits per heavy atom. The smallest absolute Gasteiger partial charge is 0.104 e. The number of hydrogen-bond donors (Lipinski definition) is 1. The van der Waals surface area contributed by atoms with Crippen molar-refractivity contribution in [3.63, 3.8) is 0 Å². The highest BCUT2D eigenvalue weighted by Crippen LogP contribution is 2.27. The quantitative estimate of drug-likeness (QED) is 0.771. The zero-order valence-corrected chi connectivity index (χ0v) is 15.0. The van der Waals surface area contributed by atoms with E-state index in [1.54, 1.807) is 0 Å². The van der Waals surface area contributed by atoms with Gasteiger partial charge in [-0.3, -0.25) is 5.32 Å². The van der Waals surface area contributed by atoms with Gasteiger partial charge in [-0.15, -0.1) is 11.8 Å². The van der Waals surface area contributed by atoms with Gasteiger partial charge < -0.3 is 0 Å². The van der Waals surface area contributed by atoms with Crippen LogP contribution in [0.1, 0.15) is 53.5 Å². The fraction of sp³-hybridized carbons (Fsp3) is 0.611. The average molecular weight is 305 g/mol. The molecule has 2 nitrogen and oxygen atoms in total. The molecule has 0 spiro atoms. The molecule has 0 aliphatic rings. The standard InChI is InChI=1S/C18H28N2S/c1-14(2)20-18(6,13-19)11-12-21-16-9-7-15(8-10-16)17(3,4)5/h7-10,14,20H,11-12H2,1-6H3. The highest BCUT2D eigenvalue weighted by molar-refractivity contribution is 7.99. The van der Waals surface area contributed by atoms with Crippen molar-refractivity contribution >= 4 is 11.8 Å². The maximum Gasteiger partial charge on any atom is 0.104 e. The summed E-state index contributed by atoms with van der Waals surface area (Å²) in [6.07, 6.45) is 0.841. The molecule has 0 saturated heterocycles. The van der Waals surface area contributed by atoms with Crippen molar-refractivity contribution in [3.05, 3.63) is 29.8 Å². The molecule has 0 bridgehead atoms. The third kappa shape index (κ3) is 6.11. The zero-order valence-electron chi connectivity index (χ0n) is 14.2. The van der Waals surface area contributed by atoms with Crippen LogP contribution in [0.2, 0.25) is 0 Å². The maximum absolute atomic E-state index is 9.34. The minimum absolute atomic E-state index is 0.198. The number of nitrogens with one attached hydrogen (secondary N) is 1. The predicted molar refractivity (Wildman–Crippen MR) is 92.8 cm³/mol. The highest BCUT2D eigenvalue weighted by atomic mass is 32.2. The van der Waals surface area contributed by atoms with Gasteiger partial charge in [-0.05, 0) is 50.3 Å². The fourth-order valence-electron chi connectivity index (χ4n) is 2.22. The molecule has 0 aliphatic carbocycles. The normalized spacial score (nSPS) is 14.8. The summed E-state index contributed by atoms with van der Waals surface area (Å²) in [6.45, 7) is 12.8. The van der Waals surface area contributed by atoms with Crippen molar-refractivity contribution in [3.8, 4) is 6.07 Å². The van der Waals surface area contributed by atoms with E-state index in [4.69, 9.17) is 0 Å². The number of benzene rings is 1. The Labute approximate surface area is 134 Å². The van der Waals surface area contributed by atoms with Gasteiger partial charge in [0.2, 0.25) is 0 Å². The van der Waals surface area contributed by atoms with E-state index in [0.29, 0.717) is 6.04 Å². The molecule has 21 heavy (non-hydrogen) atoms. The van der Waals surface area contributed by atoms with Crippen molar-refractivity contribution in [1.29, 1.82) is 5.26 Å². The minimum atomic E-state index is -0.438. The lowest BCUT2D eigenvalue weighted by Crippen LogP contribution is -2.45. The number of nitrogens with zero attached hydrogens (tertiary/aromatic N) is 1. The molecule has 0 radical (unpaired) electrons. The predicted octanol–water partition coefficient (Wildman–Crippen LogP) is 4.75. The first kappa shape index (κ1) is 18.1. The molecular weight excluding hydrogens is 276 g/mol. The van der Waals surface area contributed by atoms with Crippen LogP contribution in [-0.2, 0) is 5.41 Å². The van der Waals surface area contributed by atoms with E-state index in [1.165, 1.54) is 10.5 Å². The summed E-state index contributed by atoms with van der Waals surface area (Å²) in [4.78, 5) is 1.27. The van der Waals surface area contributed by atoms with Crippen LogP contribution in [0.5, 0.6) is 0 Å². The summed E-state index contributed by atoms with van der Waals surface area (Å²) >= 11 is 1.82. The second kappa shape index (κ2) is 7.33. The van der Waals surface area contributed by atoms with E-state index in [-0.39, 0.29) is 5.41 Å². The van der Waals surface area contributed by atoms with Gasteiger partial charge in [0.1, 0.15) is 5.54 Å². The average Bonchev–Trinajstić information content (AvgIpc) is 2.37. The van der Waals surface area contributed by atoms with Crippen molar-refractivity contribution in [1.82, 2.24) is 5.32 Å². The number of rotatable bonds is 6. The molecule has 3 heteroatoms. The van der Waals surface area contributed by atoms with Crippen LogP contribution in [0, 0.1) is 11.3 Å². The molecule has 0 amide bonds. The van der Waals surface area contributed by atoms with Crippen LogP contribution < -0.4 is 5.32 Å². The van der Waals surface area contributed by atoms with Gasteiger partial charge in [-0.2, -0.15) is 5.26 Å². The Bertz CT molecular complexity index is 479. The number of nitriles is 1. The van der Waals surface area contributed by atoms with Gasteiger partial charge in [-0.1, -0.05) is 32.9 Å². The molecule has 1 N–H and O–H groups in total. The van der Waals surface area contributed by atoms with Gasteiger partial charge in [0.05, 0.1) is 6.07 Å². The maximum atomic E-state index is 9.34. The molecule has 0 aliphatic heterocycles. The Kier molecular flexibility index (Phi) is 6.31. The Balaban J connectivity index is 2.54. The van der Waals surface area contributed by atoms with Crippen molar-refractivity contribution in [2.75, 3.05) is 5.75 Å². The van der Waals surface area contributed by atoms with Gasteiger partial charge in [-0.25, -0.2) is 0 Å². The van der Waals surface area contributed by atoms with Crippen LogP contribution in [-0.4, -0.2) is 17.3 Å². The van der Waals surface area contributed by atoms with Crippen molar-refractivity contribution < 1.29 is 0 Å². The monoisotopic (exact) mass is 304 g/mol. The van der Waals surface area contributed by atoms with Gasteiger partial charge in [0.25, 0.3) is 0 Å². The Morgan fingerprint density at radius 1 is 1.14 bits per heavy atom. The fourth-order valence-corrected chi connectivity index (χ4v) is 3.30.